The van der Waals surface area contributed by atoms with E-state index in [-0.39, 0.29) is 10.8 Å². The van der Waals surface area contributed by atoms with Crippen molar-refractivity contribution in [2.24, 2.45) is 0 Å². The van der Waals surface area contributed by atoms with E-state index in [9.17, 15) is 13.2 Å². The molecule has 0 bridgehead atoms. The third kappa shape index (κ3) is 3.84. The topological polar surface area (TPSA) is 75.7 Å². The molecule has 0 radical (unpaired) electrons. The second kappa shape index (κ2) is 7.70. The lowest BCUT2D eigenvalue weighted by atomic mass is 10.1. The summed E-state index contributed by atoms with van der Waals surface area (Å²) in [4.78, 5) is 13.0. The number of ether oxygens (including phenoxy) is 1. The fourth-order valence-electron chi connectivity index (χ4n) is 3.33. The zero-order valence-corrected chi connectivity index (χ0v) is 16.5. The molecule has 1 heterocycles. The fraction of sp³-hybridized carbons (Fsp3) is 0.350. The van der Waals surface area contributed by atoms with Gasteiger partial charge in [0.25, 0.3) is 0 Å². The van der Waals surface area contributed by atoms with Gasteiger partial charge in [0.1, 0.15) is 11.8 Å². The molecule has 1 aliphatic heterocycles. The van der Waals surface area contributed by atoms with Gasteiger partial charge in [-0.25, -0.2) is 8.42 Å². The number of hydrogen-bond acceptors (Lipinski definition) is 4. The molecule has 1 aliphatic rings. The molecule has 1 atom stereocenters. The van der Waals surface area contributed by atoms with E-state index in [2.05, 4.69) is 5.32 Å². The lowest BCUT2D eigenvalue weighted by molar-refractivity contribution is -0.119. The molecule has 27 heavy (non-hydrogen) atoms. The summed E-state index contributed by atoms with van der Waals surface area (Å²) in [5, 5.41) is 2.87. The standard InChI is InChI=1S/C20H24N2O4S/c1-14-7-4-5-8-17(14)21-20(23)18-9-6-12-22(18)27(24,25)19-13-16(26-3)11-10-15(19)2/h4-5,7-8,10-11,13,18H,6,9,12H2,1-3H3,(H,21,23)/t18-/m0/s1. The number of sulfonamides is 1. The van der Waals surface area contributed by atoms with Crippen LogP contribution in [0.4, 0.5) is 5.69 Å². The quantitative estimate of drug-likeness (QED) is 0.854. The van der Waals surface area contributed by atoms with Crippen molar-refractivity contribution in [2.45, 2.75) is 37.6 Å². The van der Waals surface area contributed by atoms with Crippen LogP contribution >= 0.6 is 0 Å². The van der Waals surface area contributed by atoms with Gasteiger partial charge in [-0.2, -0.15) is 4.31 Å². The maximum atomic E-state index is 13.2. The molecule has 1 fully saturated rings. The fourth-order valence-corrected chi connectivity index (χ4v) is 5.23. The highest BCUT2D eigenvalue weighted by atomic mass is 32.2. The average molecular weight is 388 g/mol. The van der Waals surface area contributed by atoms with Crippen LogP contribution in [0.15, 0.2) is 47.4 Å². The molecule has 0 spiro atoms. The summed E-state index contributed by atoms with van der Waals surface area (Å²) in [7, 11) is -2.31. The van der Waals surface area contributed by atoms with E-state index in [0.29, 0.717) is 36.4 Å². The Kier molecular flexibility index (Phi) is 5.53. The van der Waals surface area contributed by atoms with E-state index < -0.39 is 16.1 Å². The summed E-state index contributed by atoms with van der Waals surface area (Å²) in [6.07, 6.45) is 1.15. The number of methoxy groups -OCH3 is 1. The van der Waals surface area contributed by atoms with E-state index >= 15 is 0 Å². The molecule has 0 saturated carbocycles. The first kappa shape index (κ1) is 19.4. The molecular weight excluding hydrogens is 364 g/mol. The van der Waals surface area contributed by atoms with Crippen molar-refractivity contribution in [3.05, 3.63) is 53.6 Å². The van der Waals surface area contributed by atoms with Gasteiger partial charge in [-0.15, -0.1) is 0 Å². The normalized spacial score (nSPS) is 17.7. The van der Waals surface area contributed by atoms with Crippen LogP contribution < -0.4 is 10.1 Å². The lowest BCUT2D eigenvalue weighted by Gasteiger charge is -2.24. The Balaban J connectivity index is 1.89. The Labute approximate surface area is 160 Å². The Hall–Kier alpha value is -2.38. The van der Waals surface area contributed by atoms with Crippen molar-refractivity contribution >= 4 is 21.6 Å². The number of para-hydroxylation sites is 1. The van der Waals surface area contributed by atoms with Crippen molar-refractivity contribution < 1.29 is 17.9 Å². The molecule has 1 amide bonds. The van der Waals surface area contributed by atoms with E-state index in [4.69, 9.17) is 4.74 Å². The highest BCUT2D eigenvalue weighted by molar-refractivity contribution is 7.89. The number of rotatable bonds is 5. The number of hydrogen-bond donors (Lipinski definition) is 1. The summed E-state index contributed by atoms with van der Waals surface area (Å²) in [6.45, 7) is 3.97. The van der Waals surface area contributed by atoms with E-state index in [1.165, 1.54) is 17.5 Å². The molecule has 0 unspecified atom stereocenters. The summed E-state index contributed by atoms with van der Waals surface area (Å²) in [5.74, 6) is 0.171. The summed E-state index contributed by atoms with van der Waals surface area (Å²) in [5.41, 5.74) is 2.26. The van der Waals surface area contributed by atoms with Crippen LogP contribution in [0.25, 0.3) is 0 Å². The number of carbonyl (C=O) groups excluding carboxylic acids is 1. The summed E-state index contributed by atoms with van der Waals surface area (Å²) >= 11 is 0. The third-order valence-corrected chi connectivity index (χ3v) is 6.94. The molecule has 144 valence electrons. The van der Waals surface area contributed by atoms with Gasteiger partial charge in [0.05, 0.1) is 12.0 Å². The van der Waals surface area contributed by atoms with E-state index in [0.717, 1.165) is 5.56 Å². The van der Waals surface area contributed by atoms with Crippen LogP contribution in [0, 0.1) is 13.8 Å². The first-order chi connectivity index (χ1) is 12.8. The predicted octanol–water partition coefficient (Wildman–Crippen LogP) is 3.10. The third-order valence-electron chi connectivity index (χ3n) is 4.89. The lowest BCUT2D eigenvalue weighted by Crippen LogP contribution is -2.43. The predicted molar refractivity (Wildman–Crippen MR) is 104 cm³/mol. The highest BCUT2D eigenvalue weighted by Crippen LogP contribution is 2.30. The number of anilines is 1. The Bertz CT molecular complexity index is 956. The Morgan fingerprint density at radius 3 is 2.59 bits per heavy atom. The monoisotopic (exact) mass is 388 g/mol. The number of amides is 1. The first-order valence-electron chi connectivity index (χ1n) is 8.87. The van der Waals surface area contributed by atoms with Crippen LogP contribution in [0.2, 0.25) is 0 Å². The van der Waals surface area contributed by atoms with Gasteiger partial charge in [0, 0.05) is 18.3 Å². The first-order valence-corrected chi connectivity index (χ1v) is 10.3. The Morgan fingerprint density at radius 2 is 1.89 bits per heavy atom. The van der Waals surface area contributed by atoms with Gasteiger partial charge >= 0.3 is 0 Å². The smallest absolute Gasteiger partial charge is 0.244 e. The van der Waals surface area contributed by atoms with Crippen LogP contribution in [-0.2, 0) is 14.8 Å². The van der Waals surface area contributed by atoms with Crippen LogP contribution in [0.3, 0.4) is 0 Å². The molecule has 6 nitrogen and oxygen atoms in total. The summed E-state index contributed by atoms with van der Waals surface area (Å²) in [6, 6.07) is 11.7. The zero-order chi connectivity index (χ0) is 19.6. The van der Waals surface area contributed by atoms with Crippen LogP contribution in [0.1, 0.15) is 24.0 Å². The van der Waals surface area contributed by atoms with Crippen molar-refractivity contribution in [2.75, 3.05) is 19.0 Å². The highest BCUT2D eigenvalue weighted by Gasteiger charge is 2.40. The summed E-state index contributed by atoms with van der Waals surface area (Å²) < 4.78 is 33.0. The Morgan fingerprint density at radius 1 is 1.15 bits per heavy atom. The van der Waals surface area contributed by atoms with Crippen molar-refractivity contribution in [3.8, 4) is 5.75 Å². The van der Waals surface area contributed by atoms with Gasteiger partial charge < -0.3 is 10.1 Å². The van der Waals surface area contributed by atoms with E-state index in [1.54, 1.807) is 19.1 Å². The second-order valence-corrected chi connectivity index (χ2v) is 8.57. The molecule has 0 aliphatic carbocycles. The minimum Gasteiger partial charge on any atom is -0.497 e. The molecule has 3 rings (SSSR count). The minimum absolute atomic E-state index is 0.178. The van der Waals surface area contributed by atoms with E-state index in [1.807, 2.05) is 31.2 Å². The number of carbonyl (C=O) groups is 1. The molecule has 0 aromatic heterocycles. The molecule has 2 aromatic carbocycles. The van der Waals surface area contributed by atoms with Crippen molar-refractivity contribution in [1.82, 2.24) is 4.31 Å². The number of nitrogens with zero attached hydrogens (tertiary/aromatic N) is 1. The van der Waals surface area contributed by atoms with Gasteiger partial charge in [0.15, 0.2) is 0 Å². The maximum Gasteiger partial charge on any atom is 0.244 e. The van der Waals surface area contributed by atoms with Crippen LogP contribution in [0.5, 0.6) is 5.75 Å². The second-order valence-electron chi connectivity index (χ2n) is 6.71. The molecule has 1 N–H and O–H groups in total. The molecule has 1 saturated heterocycles. The van der Waals surface area contributed by atoms with Crippen molar-refractivity contribution in [3.63, 3.8) is 0 Å². The number of aryl methyl sites for hydroxylation is 2. The SMILES string of the molecule is COc1ccc(C)c(S(=O)(=O)N2CCC[C@H]2C(=O)Nc2ccccc2C)c1. The van der Waals surface area contributed by atoms with Gasteiger partial charge in [-0.1, -0.05) is 24.3 Å². The average Bonchev–Trinajstić information content (AvgIpc) is 3.15. The molecule has 7 heteroatoms. The molecular formula is C20H24N2O4S. The van der Waals surface area contributed by atoms with Gasteiger partial charge in [-0.3, -0.25) is 4.79 Å². The van der Waals surface area contributed by atoms with Gasteiger partial charge in [-0.05, 0) is 49.9 Å². The number of nitrogens with one attached hydrogen (secondary N) is 1. The van der Waals surface area contributed by atoms with Gasteiger partial charge in [0.2, 0.25) is 15.9 Å². The maximum absolute atomic E-state index is 13.2. The minimum atomic E-state index is -3.81. The number of benzene rings is 2. The van der Waals surface area contributed by atoms with Crippen LogP contribution in [-0.4, -0.2) is 38.3 Å². The van der Waals surface area contributed by atoms with Crippen molar-refractivity contribution in [1.29, 1.82) is 0 Å². The molecule has 2 aromatic rings. The largest absolute Gasteiger partial charge is 0.497 e. The zero-order valence-electron chi connectivity index (χ0n) is 15.7.